The van der Waals surface area contributed by atoms with Gasteiger partial charge in [-0.2, -0.15) is 0 Å². The fourth-order valence-electron chi connectivity index (χ4n) is 2.41. The van der Waals surface area contributed by atoms with Crippen molar-refractivity contribution in [2.24, 2.45) is 11.5 Å². The van der Waals surface area contributed by atoms with Crippen molar-refractivity contribution < 1.29 is 9.90 Å². The van der Waals surface area contributed by atoms with Crippen molar-refractivity contribution in [2.45, 2.75) is 0 Å². The average molecular weight is 431 g/mol. The second-order valence-electron chi connectivity index (χ2n) is 5.57. The summed E-state index contributed by atoms with van der Waals surface area (Å²) in [5, 5.41) is 17.1. The zero-order valence-corrected chi connectivity index (χ0v) is 16.7. The Hall–Kier alpha value is -2.07. The van der Waals surface area contributed by atoms with Crippen LogP contribution >= 0.6 is 34.5 Å². The molecule has 6 N–H and O–H groups in total. The predicted octanol–water partition coefficient (Wildman–Crippen LogP) is 2.09. The van der Waals surface area contributed by atoms with Gasteiger partial charge in [-0.3, -0.25) is 10.2 Å². The molecule has 1 aromatic carbocycles. The van der Waals surface area contributed by atoms with E-state index in [9.17, 15) is 4.79 Å². The number of nitrogens with one attached hydrogen (secondary N) is 1. The molecule has 2 heterocycles. The Labute approximate surface area is 170 Å². The lowest BCUT2D eigenvalue weighted by Gasteiger charge is -2.36. The third-order valence-electron chi connectivity index (χ3n) is 3.76. The summed E-state index contributed by atoms with van der Waals surface area (Å²) in [5.41, 5.74) is 11.0. The van der Waals surface area contributed by atoms with Crippen molar-refractivity contribution in [3.63, 3.8) is 0 Å². The molecule has 0 amide bonds. The summed E-state index contributed by atoms with van der Waals surface area (Å²) >= 11 is 13.8. The van der Waals surface area contributed by atoms with E-state index in [1.54, 1.807) is 12.3 Å². The first-order chi connectivity index (χ1) is 12.8. The van der Waals surface area contributed by atoms with Crippen LogP contribution in [0.15, 0.2) is 24.4 Å². The van der Waals surface area contributed by atoms with E-state index < -0.39 is 5.97 Å². The van der Waals surface area contributed by atoms with Crippen LogP contribution in [0.4, 0.5) is 10.8 Å². The smallest absolute Gasteiger partial charge is 0.317 e. The number of nitrogens with zero attached hydrogens (tertiary/aromatic N) is 3. The molecule has 1 aromatic heterocycles. The van der Waals surface area contributed by atoms with Crippen molar-refractivity contribution in [1.29, 1.82) is 5.41 Å². The molecule has 1 saturated heterocycles. The molecule has 146 valence electrons. The second-order valence-corrected chi connectivity index (χ2v) is 7.36. The molecule has 0 radical (unpaired) electrons. The second kappa shape index (κ2) is 9.75. The quantitative estimate of drug-likeness (QED) is 0.430. The number of amidine groups is 1. The van der Waals surface area contributed by atoms with Crippen LogP contribution in [-0.4, -0.2) is 54.6 Å². The Kier molecular flexibility index (Phi) is 7.66. The molecule has 1 aliphatic heterocycles. The highest BCUT2D eigenvalue weighted by atomic mass is 35.5. The summed E-state index contributed by atoms with van der Waals surface area (Å²) in [5.74, 6) is -0.905. The van der Waals surface area contributed by atoms with Crippen LogP contribution in [0.5, 0.6) is 0 Å². The van der Waals surface area contributed by atoms with Gasteiger partial charge in [-0.15, -0.1) is 0 Å². The highest BCUT2D eigenvalue weighted by Crippen LogP contribution is 2.33. The number of aromatic nitrogens is 1. The summed E-state index contributed by atoms with van der Waals surface area (Å²) in [6, 6.07) is 5.69. The van der Waals surface area contributed by atoms with Gasteiger partial charge in [0, 0.05) is 26.2 Å². The van der Waals surface area contributed by atoms with Crippen molar-refractivity contribution >= 4 is 57.2 Å². The summed E-state index contributed by atoms with van der Waals surface area (Å²) in [4.78, 5) is 18.7. The highest BCUT2D eigenvalue weighted by Gasteiger charge is 2.21. The van der Waals surface area contributed by atoms with E-state index >= 15 is 0 Å². The number of nitrogen functional groups attached to an aromatic ring is 1. The fraction of sp³-hybridized carbons (Fsp3) is 0.312. The van der Waals surface area contributed by atoms with E-state index in [1.165, 1.54) is 11.3 Å². The number of carboxylic acids is 1. The maximum atomic E-state index is 9.24. The van der Waals surface area contributed by atoms with Gasteiger partial charge >= 0.3 is 5.97 Å². The van der Waals surface area contributed by atoms with Gasteiger partial charge in [-0.1, -0.05) is 40.6 Å². The summed E-state index contributed by atoms with van der Waals surface area (Å²) in [6.45, 7) is 3.09. The number of halogens is 2. The molecule has 1 fully saturated rings. The van der Waals surface area contributed by atoms with E-state index in [-0.39, 0.29) is 12.4 Å². The van der Waals surface area contributed by atoms with Crippen molar-refractivity contribution in [3.05, 3.63) is 39.3 Å². The zero-order valence-electron chi connectivity index (χ0n) is 14.4. The van der Waals surface area contributed by atoms with E-state index in [1.807, 2.05) is 12.1 Å². The molecule has 0 spiro atoms. The number of piperazine rings is 1. The number of carbonyl (C=O) groups is 1. The SMILES string of the molecule is N=C(N)c1cnc(N2CCN(c3cccc(Cl)c3Cl)CC2)s1.NCC(=O)O. The summed E-state index contributed by atoms with van der Waals surface area (Å²) in [6.07, 6.45) is 1.66. The number of hydrogen-bond acceptors (Lipinski definition) is 7. The Morgan fingerprint density at radius 1 is 1.26 bits per heavy atom. The number of benzene rings is 1. The predicted molar refractivity (Wildman–Crippen MR) is 111 cm³/mol. The molecule has 8 nitrogen and oxygen atoms in total. The molecule has 0 atom stereocenters. The van der Waals surface area contributed by atoms with E-state index in [2.05, 4.69) is 20.5 Å². The van der Waals surface area contributed by atoms with Gasteiger partial charge in [0.1, 0.15) is 5.84 Å². The van der Waals surface area contributed by atoms with Crippen LogP contribution in [0, 0.1) is 5.41 Å². The lowest BCUT2D eigenvalue weighted by molar-refractivity contribution is -0.135. The Morgan fingerprint density at radius 3 is 2.37 bits per heavy atom. The highest BCUT2D eigenvalue weighted by molar-refractivity contribution is 7.17. The first kappa shape index (κ1) is 21.2. The molecule has 0 aliphatic carbocycles. The summed E-state index contributed by atoms with van der Waals surface area (Å²) < 4.78 is 0. The lowest BCUT2D eigenvalue weighted by Crippen LogP contribution is -2.46. The topological polar surface area (TPSA) is 133 Å². The number of rotatable bonds is 4. The van der Waals surface area contributed by atoms with Crippen LogP contribution in [0.25, 0.3) is 0 Å². The molecule has 0 unspecified atom stereocenters. The largest absolute Gasteiger partial charge is 0.480 e. The number of hydrogen-bond donors (Lipinski definition) is 4. The molecule has 3 rings (SSSR count). The molecular formula is C16H20Cl2N6O2S. The molecule has 2 aromatic rings. The Balaban J connectivity index is 0.000000465. The molecule has 27 heavy (non-hydrogen) atoms. The van der Waals surface area contributed by atoms with Gasteiger partial charge in [-0.25, -0.2) is 4.98 Å². The van der Waals surface area contributed by atoms with Gasteiger partial charge in [0.2, 0.25) is 0 Å². The lowest BCUT2D eigenvalue weighted by atomic mass is 10.2. The number of carboxylic acid groups (broad SMARTS) is 1. The number of anilines is 2. The maximum Gasteiger partial charge on any atom is 0.317 e. The fourth-order valence-corrected chi connectivity index (χ4v) is 3.66. The van der Waals surface area contributed by atoms with Crippen LogP contribution in [0.2, 0.25) is 10.0 Å². The van der Waals surface area contributed by atoms with Crippen molar-refractivity contribution in [1.82, 2.24) is 4.98 Å². The monoisotopic (exact) mass is 430 g/mol. The van der Waals surface area contributed by atoms with E-state index in [4.69, 9.17) is 39.5 Å². The van der Waals surface area contributed by atoms with Crippen LogP contribution in [0.1, 0.15) is 4.88 Å². The third-order valence-corrected chi connectivity index (χ3v) is 5.66. The summed E-state index contributed by atoms with van der Waals surface area (Å²) in [7, 11) is 0. The standard InChI is InChI=1S/C14H15Cl2N5S.C2H5NO2/c15-9-2-1-3-10(12(9)16)20-4-6-21(7-5-20)14-19-8-11(22-14)13(17)18;3-1-2(4)5/h1-3,8H,4-7H2,(H3,17,18);1,3H2,(H,4,5). The Morgan fingerprint density at radius 2 is 1.85 bits per heavy atom. The van der Waals surface area contributed by atoms with Crippen LogP contribution < -0.4 is 21.3 Å². The molecular weight excluding hydrogens is 411 g/mol. The average Bonchev–Trinajstić information content (AvgIpc) is 3.15. The molecule has 0 saturated carbocycles. The molecule has 0 bridgehead atoms. The van der Waals surface area contributed by atoms with Gasteiger partial charge in [0.15, 0.2) is 5.13 Å². The van der Waals surface area contributed by atoms with Crippen LogP contribution in [0.3, 0.4) is 0 Å². The minimum atomic E-state index is -0.968. The zero-order chi connectivity index (χ0) is 20.0. The van der Waals surface area contributed by atoms with Crippen molar-refractivity contribution in [2.75, 3.05) is 42.5 Å². The van der Waals surface area contributed by atoms with Gasteiger partial charge < -0.3 is 26.4 Å². The minimum absolute atomic E-state index is 0.0631. The number of thiazole rings is 1. The van der Waals surface area contributed by atoms with Crippen molar-refractivity contribution in [3.8, 4) is 0 Å². The first-order valence-corrected chi connectivity index (χ1v) is 9.56. The molecule has 1 aliphatic rings. The minimum Gasteiger partial charge on any atom is -0.480 e. The van der Waals surface area contributed by atoms with Gasteiger partial charge in [-0.05, 0) is 12.1 Å². The third kappa shape index (κ3) is 5.70. The normalized spacial score (nSPS) is 13.7. The van der Waals surface area contributed by atoms with Gasteiger partial charge in [0.25, 0.3) is 0 Å². The van der Waals surface area contributed by atoms with Gasteiger partial charge in [0.05, 0.1) is 33.4 Å². The maximum absolute atomic E-state index is 9.24. The number of aliphatic carboxylic acids is 1. The van der Waals surface area contributed by atoms with E-state index in [0.29, 0.717) is 14.9 Å². The molecule has 11 heteroatoms. The Bertz CT molecular complexity index is 808. The van der Waals surface area contributed by atoms with Crippen LogP contribution in [-0.2, 0) is 4.79 Å². The van der Waals surface area contributed by atoms with E-state index in [0.717, 1.165) is 37.0 Å². The first-order valence-electron chi connectivity index (χ1n) is 7.99. The number of nitrogens with two attached hydrogens (primary N) is 2.